The first-order chi connectivity index (χ1) is 8.23. The van der Waals surface area contributed by atoms with Crippen molar-refractivity contribution < 1.29 is 9.53 Å². The van der Waals surface area contributed by atoms with Crippen LogP contribution in [0.5, 0.6) is 0 Å². The average Bonchev–Trinajstić information content (AvgIpc) is 2.29. The van der Waals surface area contributed by atoms with Gasteiger partial charge in [0.25, 0.3) is 0 Å². The zero-order chi connectivity index (χ0) is 12.3. The summed E-state index contributed by atoms with van der Waals surface area (Å²) >= 11 is 0. The van der Waals surface area contributed by atoms with Crippen molar-refractivity contribution in [3.05, 3.63) is 34.7 Å². The molecule has 0 atom stereocenters. The Balaban J connectivity index is 2.27. The van der Waals surface area contributed by atoms with Crippen molar-refractivity contribution in [1.82, 2.24) is 0 Å². The maximum absolute atomic E-state index is 12.0. The molecule has 0 bridgehead atoms. The molecule has 1 saturated carbocycles. The molecule has 1 aliphatic carbocycles. The lowest BCUT2D eigenvalue weighted by atomic mass is 9.64. The summed E-state index contributed by atoms with van der Waals surface area (Å²) in [6.07, 6.45) is 2.67. The summed E-state index contributed by atoms with van der Waals surface area (Å²) in [6.45, 7) is 2.21. The summed E-state index contributed by atoms with van der Waals surface area (Å²) in [6, 6.07) is 6.88. The molecule has 1 fully saturated rings. The van der Waals surface area contributed by atoms with Crippen molar-refractivity contribution >= 4 is 11.7 Å². The van der Waals surface area contributed by atoms with Crippen molar-refractivity contribution in [2.75, 3.05) is 6.61 Å². The molecule has 2 rings (SSSR count). The average molecular weight is 233 g/mol. The van der Waals surface area contributed by atoms with Crippen LogP contribution < -0.4 is 0 Å². The SMILES string of the molecule is CCOC(=O)C1(c2ccc(N=O)cc2)CCC1. The van der Waals surface area contributed by atoms with E-state index in [-0.39, 0.29) is 5.97 Å². The largest absolute Gasteiger partial charge is 0.465 e. The third kappa shape index (κ3) is 1.95. The molecule has 0 amide bonds. The molecule has 17 heavy (non-hydrogen) atoms. The van der Waals surface area contributed by atoms with Gasteiger partial charge in [0.05, 0.1) is 12.0 Å². The summed E-state index contributed by atoms with van der Waals surface area (Å²) in [5.74, 6) is -0.155. The highest BCUT2D eigenvalue weighted by molar-refractivity contribution is 5.84. The number of esters is 1. The van der Waals surface area contributed by atoms with Gasteiger partial charge in [0.15, 0.2) is 0 Å². The van der Waals surface area contributed by atoms with Crippen LogP contribution in [-0.4, -0.2) is 12.6 Å². The van der Waals surface area contributed by atoms with Gasteiger partial charge in [-0.3, -0.25) is 4.79 Å². The topological polar surface area (TPSA) is 55.7 Å². The zero-order valence-corrected chi connectivity index (χ0v) is 9.81. The van der Waals surface area contributed by atoms with Crippen LogP contribution >= 0.6 is 0 Å². The van der Waals surface area contributed by atoms with E-state index in [0.29, 0.717) is 12.3 Å². The molecule has 0 N–H and O–H groups in total. The van der Waals surface area contributed by atoms with E-state index in [1.165, 1.54) is 0 Å². The van der Waals surface area contributed by atoms with Crippen molar-refractivity contribution in [3.8, 4) is 0 Å². The van der Waals surface area contributed by atoms with E-state index in [4.69, 9.17) is 4.74 Å². The quantitative estimate of drug-likeness (QED) is 0.593. The molecule has 0 saturated heterocycles. The minimum atomic E-state index is -0.489. The van der Waals surface area contributed by atoms with Crippen molar-refractivity contribution in [1.29, 1.82) is 0 Å². The summed E-state index contributed by atoms with van der Waals surface area (Å²) in [5, 5.41) is 2.85. The molecule has 1 aromatic rings. The highest BCUT2D eigenvalue weighted by atomic mass is 16.5. The van der Waals surface area contributed by atoms with E-state index in [1.807, 2.05) is 6.92 Å². The van der Waals surface area contributed by atoms with Crippen LogP contribution in [0.2, 0.25) is 0 Å². The van der Waals surface area contributed by atoms with Crippen LogP contribution in [-0.2, 0) is 14.9 Å². The van der Waals surface area contributed by atoms with E-state index in [9.17, 15) is 9.70 Å². The molecule has 4 nitrogen and oxygen atoms in total. The standard InChI is InChI=1S/C13H15NO3/c1-2-17-12(15)13(8-3-9-13)10-4-6-11(14-16)7-5-10/h4-7H,2-3,8-9H2,1H3. The second kappa shape index (κ2) is 4.65. The van der Waals surface area contributed by atoms with Crippen molar-refractivity contribution in [2.24, 2.45) is 5.18 Å². The van der Waals surface area contributed by atoms with Crippen LogP contribution in [0.4, 0.5) is 5.69 Å². The van der Waals surface area contributed by atoms with Gasteiger partial charge in [0, 0.05) is 0 Å². The number of benzene rings is 1. The maximum atomic E-state index is 12.0. The summed E-state index contributed by atoms with van der Waals surface area (Å²) in [5.41, 5.74) is 0.818. The fourth-order valence-corrected chi connectivity index (χ4v) is 2.25. The van der Waals surface area contributed by atoms with Crippen LogP contribution in [0.15, 0.2) is 29.4 Å². The number of carbonyl (C=O) groups excluding carboxylic acids is 1. The fourth-order valence-electron chi connectivity index (χ4n) is 2.25. The van der Waals surface area contributed by atoms with E-state index < -0.39 is 5.41 Å². The molecule has 0 heterocycles. The Morgan fingerprint density at radius 1 is 1.35 bits per heavy atom. The number of nitrogens with zero attached hydrogens (tertiary/aromatic N) is 1. The number of nitroso groups, excluding NO2 is 1. The third-order valence-corrected chi connectivity index (χ3v) is 3.40. The summed E-state index contributed by atoms with van der Waals surface area (Å²) < 4.78 is 5.14. The van der Waals surface area contributed by atoms with Gasteiger partial charge in [0.1, 0.15) is 5.69 Å². The molecule has 0 aromatic heterocycles. The first-order valence-electron chi connectivity index (χ1n) is 5.84. The van der Waals surface area contributed by atoms with Crippen LogP contribution in [0.25, 0.3) is 0 Å². The molecule has 0 radical (unpaired) electrons. The van der Waals surface area contributed by atoms with Crippen molar-refractivity contribution in [2.45, 2.75) is 31.6 Å². The molecule has 1 aliphatic rings. The smallest absolute Gasteiger partial charge is 0.316 e. The molecular formula is C13H15NO3. The normalized spacial score (nSPS) is 17.0. The zero-order valence-electron chi connectivity index (χ0n) is 9.81. The predicted molar refractivity (Wildman–Crippen MR) is 64.1 cm³/mol. The third-order valence-electron chi connectivity index (χ3n) is 3.40. The number of ether oxygens (including phenoxy) is 1. The van der Waals surface area contributed by atoms with E-state index in [0.717, 1.165) is 24.8 Å². The number of hydrogen-bond donors (Lipinski definition) is 0. The van der Waals surface area contributed by atoms with E-state index in [2.05, 4.69) is 5.18 Å². The predicted octanol–water partition coefficient (Wildman–Crippen LogP) is 3.07. The van der Waals surface area contributed by atoms with Crippen LogP contribution in [0.3, 0.4) is 0 Å². The second-order valence-corrected chi connectivity index (χ2v) is 4.29. The monoisotopic (exact) mass is 233 g/mol. The first kappa shape index (κ1) is 11.8. The Kier molecular flexibility index (Phi) is 3.22. The lowest BCUT2D eigenvalue weighted by Gasteiger charge is -2.39. The highest BCUT2D eigenvalue weighted by Crippen LogP contribution is 2.45. The minimum absolute atomic E-state index is 0.155. The van der Waals surface area contributed by atoms with Gasteiger partial charge in [-0.25, -0.2) is 0 Å². The van der Waals surface area contributed by atoms with Gasteiger partial charge in [-0.2, -0.15) is 0 Å². The van der Waals surface area contributed by atoms with E-state index >= 15 is 0 Å². The van der Waals surface area contributed by atoms with Gasteiger partial charge in [-0.05, 0) is 42.6 Å². The molecule has 1 aromatic carbocycles. The first-order valence-corrected chi connectivity index (χ1v) is 5.84. The molecule has 4 heteroatoms. The Labute approximate surface area is 99.9 Å². The lowest BCUT2D eigenvalue weighted by molar-refractivity contribution is -0.153. The second-order valence-electron chi connectivity index (χ2n) is 4.29. The van der Waals surface area contributed by atoms with Gasteiger partial charge >= 0.3 is 5.97 Å². The Hall–Kier alpha value is -1.71. The van der Waals surface area contributed by atoms with Gasteiger partial charge in [-0.15, -0.1) is 4.91 Å². The molecule has 0 unspecified atom stereocenters. The molecule has 0 spiro atoms. The molecule has 90 valence electrons. The maximum Gasteiger partial charge on any atom is 0.316 e. The number of carbonyl (C=O) groups is 1. The Morgan fingerprint density at radius 2 is 2.00 bits per heavy atom. The summed E-state index contributed by atoms with van der Waals surface area (Å²) in [7, 11) is 0. The molecular weight excluding hydrogens is 218 g/mol. The van der Waals surface area contributed by atoms with Gasteiger partial charge in [0.2, 0.25) is 0 Å². The highest BCUT2D eigenvalue weighted by Gasteiger charge is 2.46. The summed E-state index contributed by atoms with van der Waals surface area (Å²) in [4.78, 5) is 22.3. The van der Waals surface area contributed by atoms with Crippen molar-refractivity contribution in [3.63, 3.8) is 0 Å². The van der Waals surface area contributed by atoms with Crippen LogP contribution in [0, 0.1) is 4.91 Å². The van der Waals surface area contributed by atoms with Gasteiger partial charge < -0.3 is 4.74 Å². The number of hydrogen-bond acceptors (Lipinski definition) is 4. The Bertz CT molecular complexity index is 421. The van der Waals surface area contributed by atoms with Crippen LogP contribution in [0.1, 0.15) is 31.7 Å². The number of rotatable bonds is 4. The van der Waals surface area contributed by atoms with E-state index in [1.54, 1.807) is 24.3 Å². The lowest BCUT2D eigenvalue weighted by Crippen LogP contribution is -2.43. The minimum Gasteiger partial charge on any atom is -0.465 e. The fraction of sp³-hybridized carbons (Fsp3) is 0.462. The van der Waals surface area contributed by atoms with Gasteiger partial charge in [-0.1, -0.05) is 18.6 Å². The molecule has 0 aliphatic heterocycles. The Morgan fingerprint density at radius 3 is 2.41 bits per heavy atom.